The topological polar surface area (TPSA) is 95.8 Å². The molecule has 152 valence electrons. The van der Waals surface area contributed by atoms with E-state index < -0.39 is 42.3 Å². The lowest BCUT2D eigenvalue weighted by molar-refractivity contribution is -0.480. The lowest BCUT2D eigenvalue weighted by atomic mass is 9.94. The monoisotopic (exact) mass is 384 g/mol. The van der Waals surface area contributed by atoms with Gasteiger partial charge in [0.05, 0.1) is 13.2 Å². The minimum Gasteiger partial charge on any atom is -0.394 e. The molecule has 27 heavy (non-hydrogen) atoms. The van der Waals surface area contributed by atoms with E-state index in [0.29, 0.717) is 0 Å². The number of methoxy groups -OCH3 is 2. The van der Waals surface area contributed by atoms with Crippen LogP contribution in [-0.4, -0.2) is 73.3 Å². The van der Waals surface area contributed by atoms with Crippen LogP contribution in [0.1, 0.15) is 19.4 Å². The van der Waals surface area contributed by atoms with Gasteiger partial charge in [0.1, 0.15) is 24.4 Å². The number of fused-ring (bicyclic) bond motifs is 1. The fourth-order valence-corrected chi connectivity index (χ4v) is 3.41. The van der Waals surface area contributed by atoms with E-state index in [-0.39, 0.29) is 13.2 Å². The SMILES string of the molecule is COC1(C)OC2C(CO)OC(OCc3ccccc3)C(O)C2OC1(C)OC. The predicted octanol–water partition coefficient (Wildman–Crippen LogP) is 0.790. The van der Waals surface area contributed by atoms with E-state index in [1.54, 1.807) is 13.8 Å². The summed E-state index contributed by atoms with van der Waals surface area (Å²) in [6, 6.07) is 9.53. The molecule has 0 spiro atoms. The molecule has 0 aromatic heterocycles. The van der Waals surface area contributed by atoms with Crippen molar-refractivity contribution in [1.29, 1.82) is 0 Å². The highest BCUT2D eigenvalue weighted by Gasteiger charge is 2.62. The molecule has 2 fully saturated rings. The predicted molar refractivity (Wildman–Crippen MR) is 93.6 cm³/mol. The zero-order chi connectivity index (χ0) is 19.7. The highest BCUT2D eigenvalue weighted by molar-refractivity contribution is 5.13. The zero-order valence-corrected chi connectivity index (χ0v) is 16.0. The van der Waals surface area contributed by atoms with Gasteiger partial charge in [-0.15, -0.1) is 0 Å². The molecule has 7 atom stereocenters. The normalized spacial score (nSPS) is 41.9. The van der Waals surface area contributed by atoms with Crippen LogP contribution >= 0.6 is 0 Å². The summed E-state index contributed by atoms with van der Waals surface area (Å²) in [7, 11) is 2.94. The number of hydrogen-bond donors (Lipinski definition) is 2. The Hall–Kier alpha value is -1.10. The largest absolute Gasteiger partial charge is 0.394 e. The Morgan fingerprint density at radius 3 is 2.15 bits per heavy atom. The first-order valence-corrected chi connectivity index (χ1v) is 8.93. The number of benzene rings is 1. The van der Waals surface area contributed by atoms with Gasteiger partial charge in [-0.1, -0.05) is 30.3 Å². The van der Waals surface area contributed by atoms with Gasteiger partial charge in [0.15, 0.2) is 6.29 Å². The van der Waals surface area contributed by atoms with Crippen molar-refractivity contribution in [1.82, 2.24) is 0 Å². The Morgan fingerprint density at radius 2 is 1.59 bits per heavy atom. The van der Waals surface area contributed by atoms with Gasteiger partial charge in [-0.3, -0.25) is 0 Å². The number of aliphatic hydroxyl groups excluding tert-OH is 2. The lowest BCUT2D eigenvalue weighted by Gasteiger charge is -2.56. The summed E-state index contributed by atoms with van der Waals surface area (Å²) in [4.78, 5) is 0. The van der Waals surface area contributed by atoms with E-state index >= 15 is 0 Å². The number of hydrogen-bond acceptors (Lipinski definition) is 8. The molecule has 2 heterocycles. The molecule has 8 nitrogen and oxygen atoms in total. The van der Waals surface area contributed by atoms with Crippen LogP contribution in [0.25, 0.3) is 0 Å². The lowest BCUT2D eigenvalue weighted by Crippen LogP contribution is -2.73. The highest BCUT2D eigenvalue weighted by Crippen LogP contribution is 2.43. The van der Waals surface area contributed by atoms with Crippen molar-refractivity contribution in [3.63, 3.8) is 0 Å². The molecule has 0 bridgehead atoms. The highest BCUT2D eigenvalue weighted by atomic mass is 16.8. The van der Waals surface area contributed by atoms with E-state index in [1.807, 2.05) is 30.3 Å². The third-order valence-electron chi connectivity index (χ3n) is 5.38. The molecular weight excluding hydrogens is 356 g/mol. The van der Waals surface area contributed by atoms with E-state index in [4.69, 9.17) is 28.4 Å². The second kappa shape index (κ2) is 8.10. The minimum absolute atomic E-state index is 0.246. The molecule has 3 rings (SSSR count). The Balaban J connectivity index is 1.78. The summed E-state index contributed by atoms with van der Waals surface area (Å²) < 4.78 is 34.6. The number of ether oxygens (including phenoxy) is 6. The number of rotatable bonds is 6. The average molecular weight is 384 g/mol. The maximum atomic E-state index is 10.8. The van der Waals surface area contributed by atoms with Gasteiger partial charge in [-0.05, 0) is 19.4 Å². The van der Waals surface area contributed by atoms with E-state index in [0.717, 1.165) is 5.56 Å². The molecule has 7 unspecified atom stereocenters. The van der Waals surface area contributed by atoms with Gasteiger partial charge in [-0.2, -0.15) is 0 Å². The van der Waals surface area contributed by atoms with Crippen LogP contribution in [0.3, 0.4) is 0 Å². The molecular formula is C19H28O8. The molecule has 0 amide bonds. The van der Waals surface area contributed by atoms with Crippen molar-refractivity contribution >= 4 is 0 Å². The fourth-order valence-electron chi connectivity index (χ4n) is 3.41. The maximum Gasteiger partial charge on any atom is 0.220 e. The molecule has 1 aromatic rings. The summed E-state index contributed by atoms with van der Waals surface area (Å²) >= 11 is 0. The smallest absolute Gasteiger partial charge is 0.220 e. The second-order valence-corrected chi connectivity index (χ2v) is 6.98. The van der Waals surface area contributed by atoms with Crippen molar-refractivity contribution in [2.24, 2.45) is 0 Å². The van der Waals surface area contributed by atoms with Gasteiger partial charge < -0.3 is 38.6 Å². The summed E-state index contributed by atoms with van der Waals surface area (Å²) in [6.07, 6.45) is -4.47. The Labute approximate surface area is 158 Å². The molecule has 0 saturated carbocycles. The first kappa shape index (κ1) is 20.6. The Morgan fingerprint density at radius 1 is 1.00 bits per heavy atom. The van der Waals surface area contributed by atoms with Crippen molar-refractivity contribution < 1.29 is 38.6 Å². The fraction of sp³-hybridized carbons (Fsp3) is 0.684. The minimum atomic E-state index is -1.27. The van der Waals surface area contributed by atoms with Gasteiger partial charge in [0.2, 0.25) is 11.6 Å². The molecule has 2 saturated heterocycles. The Kier molecular flexibility index (Phi) is 6.19. The van der Waals surface area contributed by atoms with Crippen LogP contribution in [0, 0.1) is 0 Å². The van der Waals surface area contributed by atoms with Crippen LogP contribution < -0.4 is 0 Å². The molecule has 0 radical (unpaired) electrons. The van der Waals surface area contributed by atoms with Crippen LogP contribution in [0.4, 0.5) is 0 Å². The third-order valence-corrected chi connectivity index (χ3v) is 5.38. The van der Waals surface area contributed by atoms with Gasteiger partial charge >= 0.3 is 0 Å². The first-order chi connectivity index (χ1) is 12.9. The van der Waals surface area contributed by atoms with Crippen molar-refractivity contribution in [2.45, 2.75) is 62.7 Å². The van der Waals surface area contributed by atoms with Crippen molar-refractivity contribution in [3.8, 4) is 0 Å². The Bertz CT molecular complexity index is 613. The third kappa shape index (κ3) is 3.76. The second-order valence-electron chi connectivity index (χ2n) is 6.98. The molecule has 2 aliphatic heterocycles. The molecule has 8 heteroatoms. The van der Waals surface area contributed by atoms with Gasteiger partial charge in [0.25, 0.3) is 0 Å². The van der Waals surface area contributed by atoms with Crippen LogP contribution in [0.2, 0.25) is 0 Å². The van der Waals surface area contributed by atoms with Gasteiger partial charge in [0, 0.05) is 14.2 Å². The molecule has 0 aliphatic carbocycles. The molecule has 2 N–H and O–H groups in total. The van der Waals surface area contributed by atoms with Crippen LogP contribution in [-0.2, 0) is 35.0 Å². The van der Waals surface area contributed by atoms with Crippen molar-refractivity contribution in [3.05, 3.63) is 35.9 Å². The zero-order valence-electron chi connectivity index (χ0n) is 16.0. The first-order valence-electron chi connectivity index (χ1n) is 8.93. The van der Waals surface area contributed by atoms with Crippen molar-refractivity contribution in [2.75, 3.05) is 20.8 Å². The van der Waals surface area contributed by atoms with Crippen LogP contribution in [0.5, 0.6) is 0 Å². The summed E-state index contributed by atoms with van der Waals surface area (Å²) in [5.74, 6) is -2.53. The summed E-state index contributed by atoms with van der Waals surface area (Å²) in [5.41, 5.74) is 0.936. The standard InChI is InChI=1S/C19H28O8/c1-18(22-3)19(2,23-4)27-16-14(21)17(25-13(10-20)15(16)26-18)24-11-12-8-6-5-7-9-12/h5-9,13-17,20-21H,10-11H2,1-4H3. The van der Waals surface area contributed by atoms with E-state index in [1.165, 1.54) is 14.2 Å². The molecule has 1 aromatic carbocycles. The quantitative estimate of drug-likeness (QED) is 0.743. The summed E-state index contributed by atoms with van der Waals surface area (Å²) in [5, 5.41) is 20.6. The van der Waals surface area contributed by atoms with Gasteiger partial charge in [-0.25, -0.2) is 0 Å². The average Bonchev–Trinajstić information content (AvgIpc) is 2.70. The van der Waals surface area contributed by atoms with Crippen LogP contribution in [0.15, 0.2) is 30.3 Å². The summed E-state index contributed by atoms with van der Waals surface area (Å²) in [6.45, 7) is 3.26. The molecule has 2 aliphatic rings. The van der Waals surface area contributed by atoms with E-state index in [2.05, 4.69) is 0 Å². The number of aliphatic hydroxyl groups is 2. The van der Waals surface area contributed by atoms with E-state index in [9.17, 15) is 10.2 Å². The maximum absolute atomic E-state index is 10.8.